The van der Waals surface area contributed by atoms with E-state index >= 15 is 0 Å². The minimum atomic E-state index is -0.909. The number of hydrogen-bond donors (Lipinski definition) is 3. The van der Waals surface area contributed by atoms with Gasteiger partial charge in [0.2, 0.25) is 0 Å². The predicted octanol–water partition coefficient (Wildman–Crippen LogP) is 1.11. The van der Waals surface area contributed by atoms with Crippen molar-refractivity contribution in [3.63, 3.8) is 0 Å². The van der Waals surface area contributed by atoms with Crippen molar-refractivity contribution in [3.8, 4) is 0 Å². The van der Waals surface area contributed by atoms with Crippen LogP contribution in [0.25, 0.3) is 10.9 Å². The number of hydrogen-bond acceptors (Lipinski definition) is 3. The van der Waals surface area contributed by atoms with E-state index in [1.165, 1.54) is 0 Å². The zero-order valence-corrected chi connectivity index (χ0v) is 11.0. The van der Waals surface area contributed by atoms with E-state index < -0.39 is 5.97 Å². The molecule has 102 valence electrons. The first-order chi connectivity index (χ1) is 9.11. The Morgan fingerprint density at radius 3 is 2.63 bits per heavy atom. The molecular formula is C14H19N3O2. The Hall–Kier alpha value is -1.85. The lowest BCUT2D eigenvalue weighted by molar-refractivity contribution is 0.0699. The molecule has 0 aliphatic rings. The van der Waals surface area contributed by atoms with E-state index in [9.17, 15) is 9.90 Å². The largest absolute Gasteiger partial charge is 0.478 e. The second kappa shape index (κ2) is 5.42. The van der Waals surface area contributed by atoms with E-state index in [0.717, 1.165) is 22.2 Å². The van der Waals surface area contributed by atoms with Crippen molar-refractivity contribution in [3.05, 3.63) is 35.0 Å². The molecule has 0 bridgehead atoms. The van der Waals surface area contributed by atoms with Gasteiger partial charge in [-0.1, -0.05) is 6.07 Å². The second-order valence-corrected chi connectivity index (χ2v) is 4.55. The highest BCUT2D eigenvalue weighted by Crippen LogP contribution is 2.29. The van der Waals surface area contributed by atoms with Crippen LogP contribution in [-0.4, -0.2) is 28.7 Å². The van der Waals surface area contributed by atoms with Crippen LogP contribution in [0, 0.1) is 6.92 Å². The molecule has 0 spiro atoms. The van der Waals surface area contributed by atoms with E-state index in [-0.39, 0.29) is 0 Å². The fourth-order valence-electron chi connectivity index (χ4n) is 2.65. The molecule has 1 heterocycles. The number of carboxylic acids is 1. The van der Waals surface area contributed by atoms with Crippen LogP contribution in [0.4, 0.5) is 0 Å². The van der Waals surface area contributed by atoms with Gasteiger partial charge < -0.3 is 21.1 Å². The SMILES string of the molecule is Cc1c(CCN)c2c(C(=O)O)cccc2n1CCN. The highest BCUT2D eigenvalue weighted by molar-refractivity contribution is 6.05. The lowest BCUT2D eigenvalue weighted by Gasteiger charge is -2.06. The van der Waals surface area contributed by atoms with E-state index in [0.29, 0.717) is 31.6 Å². The summed E-state index contributed by atoms with van der Waals surface area (Å²) in [6.07, 6.45) is 0.671. The number of benzene rings is 1. The van der Waals surface area contributed by atoms with Gasteiger partial charge >= 0.3 is 5.97 Å². The molecule has 0 saturated heterocycles. The highest BCUT2D eigenvalue weighted by atomic mass is 16.4. The summed E-state index contributed by atoms with van der Waals surface area (Å²) in [5.74, 6) is -0.909. The van der Waals surface area contributed by atoms with Crippen molar-refractivity contribution >= 4 is 16.9 Å². The van der Waals surface area contributed by atoms with Gasteiger partial charge in [-0.25, -0.2) is 4.79 Å². The third kappa shape index (κ3) is 2.22. The maximum Gasteiger partial charge on any atom is 0.336 e. The molecule has 0 atom stereocenters. The zero-order chi connectivity index (χ0) is 14.0. The fraction of sp³-hybridized carbons (Fsp3) is 0.357. The Kier molecular flexibility index (Phi) is 3.87. The molecule has 2 aromatic rings. The van der Waals surface area contributed by atoms with Gasteiger partial charge in [-0.2, -0.15) is 0 Å². The van der Waals surface area contributed by atoms with Crippen molar-refractivity contribution in [1.82, 2.24) is 4.57 Å². The Bertz CT molecular complexity index is 617. The van der Waals surface area contributed by atoms with Crippen LogP contribution in [0.2, 0.25) is 0 Å². The number of fused-ring (bicyclic) bond motifs is 1. The van der Waals surface area contributed by atoms with E-state index in [2.05, 4.69) is 4.57 Å². The van der Waals surface area contributed by atoms with Gasteiger partial charge in [-0.05, 0) is 37.6 Å². The van der Waals surface area contributed by atoms with E-state index in [1.807, 2.05) is 13.0 Å². The molecule has 0 amide bonds. The van der Waals surface area contributed by atoms with E-state index in [4.69, 9.17) is 11.5 Å². The summed E-state index contributed by atoms with van der Waals surface area (Å²) in [4.78, 5) is 11.4. The lowest BCUT2D eigenvalue weighted by atomic mass is 10.0. The highest BCUT2D eigenvalue weighted by Gasteiger charge is 2.18. The Morgan fingerprint density at radius 1 is 1.32 bits per heavy atom. The molecule has 19 heavy (non-hydrogen) atoms. The summed E-state index contributed by atoms with van der Waals surface area (Å²) in [6.45, 7) is 3.68. The second-order valence-electron chi connectivity index (χ2n) is 4.55. The minimum absolute atomic E-state index is 0.333. The van der Waals surface area contributed by atoms with Crippen LogP contribution in [0.3, 0.4) is 0 Å². The third-order valence-corrected chi connectivity index (χ3v) is 3.45. The normalized spacial score (nSPS) is 11.1. The van der Waals surface area contributed by atoms with Gasteiger partial charge in [0.1, 0.15) is 0 Å². The van der Waals surface area contributed by atoms with Crippen LogP contribution < -0.4 is 11.5 Å². The topological polar surface area (TPSA) is 94.3 Å². The fourth-order valence-corrected chi connectivity index (χ4v) is 2.65. The number of aromatic nitrogens is 1. The smallest absolute Gasteiger partial charge is 0.336 e. The monoisotopic (exact) mass is 261 g/mol. The number of carbonyl (C=O) groups is 1. The molecule has 1 aromatic heterocycles. The molecule has 5 nitrogen and oxygen atoms in total. The Morgan fingerprint density at radius 2 is 2.05 bits per heavy atom. The summed E-state index contributed by atoms with van der Waals surface area (Å²) in [5, 5.41) is 10.1. The Balaban J connectivity index is 2.81. The third-order valence-electron chi connectivity index (χ3n) is 3.45. The number of aromatic carboxylic acids is 1. The van der Waals surface area contributed by atoms with Crippen LogP contribution in [0.1, 0.15) is 21.6 Å². The first-order valence-corrected chi connectivity index (χ1v) is 6.36. The van der Waals surface area contributed by atoms with Crippen LogP contribution in [0.5, 0.6) is 0 Å². The van der Waals surface area contributed by atoms with Gasteiger partial charge in [-0.3, -0.25) is 0 Å². The maximum absolute atomic E-state index is 11.4. The molecule has 0 aliphatic carbocycles. The molecule has 0 radical (unpaired) electrons. The molecule has 0 unspecified atom stereocenters. The molecule has 5 N–H and O–H groups in total. The standard InChI is InChI=1S/C14H19N3O2/c1-9-10(5-6-15)13-11(14(18)19)3-2-4-12(13)17(9)8-7-16/h2-4H,5-8,15-16H2,1H3,(H,18,19). The lowest BCUT2D eigenvalue weighted by Crippen LogP contribution is -2.11. The maximum atomic E-state index is 11.4. The van der Waals surface area contributed by atoms with Crippen molar-refractivity contribution in [2.45, 2.75) is 19.9 Å². The van der Waals surface area contributed by atoms with Gasteiger partial charge in [-0.15, -0.1) is 0 Å². The van der Waals surface area contributed by atoms with Gasteiger partial charge in [0.15, 0.2) is 0 Å². The van der Waals surface area contributed by atoms with Crippen molar-refractivity contribution < 1.29 is 9.90 Å². The van der Waals surface area contributed by atoms with Crippen LogP contribution in [-0.2, 0) is 13.0 Å². The molecule has 5 heteroatoms. The zero-order valence-electron chi connectivity index (χ0n) is 11.0. The predicted molar refractivity (Wildman–Crippen MR) is 75.4 cm³/mol. The number of carboxylic acid groups (broad SMARTS) is 1. The molecule has 1 aromatic carbocycles. The quantitative estimate of drug-likeness (QED) is 0.751. The van der Waals surface area contributed by atoms with Gasteiger partial charge in [0, 0.05) is 29.7 Å². The van der Waals surface area contributed by atoms with E-state index in [1.54, 1.807) is 12.1 Å². The summed E-state index contributed by atoms with van der Waals surface area (Å²) >= 11 is 0. The Labute approximate surface area is 111 Å². The van der Waals surface area contributed by atoms with Crippen molar-refractivity contribution in [2.75, 3.05) is 13.1 Å². The average Bonchev–Trinajstić information content (AvgIpc) is 2.65. The number of nitrogens with zero attached hydrogens (tertiary/aromatic N) is 1. The molecule has 0 aliphatic heterocycles. The first-order valence-electron chi connectivity index (χ1n) is 6.36. The first kappa shape index (κ1) is 13.6. The molecule has 0 fully saturated rings. The van der Waals surface area contributed by atoms with Crippen LogP contribution >= 0.6 is 0 Å². The van der Waals surface area contributed by atoms with Gasteiger partial charge in [0.05, 0.1) is 5.56 Å². The van der Waals surface area contributed by atoms with Gasteiger partial charge in [0.25, 0.3) is 0 Å². The number of nitrogens with two attached hydrogens (primary N) is 2. The molecular weight excluding hydrogens is 242 g/mol. The average molecular weight is 261 g/mol. The summed E-state index contributed by atoms with van der Waals surface area (Å²) < 4.78 is 2.08. The van der Waals surface area contributed by atoms with Crippen molar-refractivity contribution in [2.24, 2.45) is 11.5 Å². The number of rotatable bonds is 5. The molecule has 0 saturated carbocycles. The molecule has 2 rings (SSSR count). The summed E-state index contributed by atoms with van der Waals surface area (Å²) in [7, 11) is 0. The minimum Gasteiger partial charge on any atom is -0.478 e. The van der Waals surface area contributed by atoms with Crippen LogP contribution in [0.15, 0.2) is 18.2 Å². The summed E-state index contributed by atoms with van der Waals surface area (Å²) in [6, 6.07) is 5.34. The van der Waals surface area contributed by atoms with Crippen molar-refractivity contribution in [1.29, 1.82) is 0 Å². The summed E-state index contributed by atoms with van der Waals surface area (Å²) in [5.41, 5.74) is 14.6.